The number of benzene rings is 1. The van der Waals surface area contributed by atoms with Gasteiger partial charge in [0.05, 0.1) is 0 Å². The number of phenols is 2. The molecular formula is C11H12O4. The zero-order valence-corrected chi connectivity index (χ0v) is 8.14. The molecule has 0 radical (unpaired) electrons. The van der Waals surface area contributed by atoms with Crippen molar-refractivity contribution in [2.45, 2.75) is 25.4 Å². The maximum absolute atomic E-state index is 10.9. The molecule has 0 spiro atoms. The van der Waals surface area contributed by atoms with Crippen LogP contribution in [-0.4, -0.2) is 22.3 Å². The summed E-state index contributed by atoms with van der Waals surface area (Å²) in [6.45, 7) is 0. The molecule has 80 valence electrons. The Kier molecular flexibility index (Phi) is 2.49. The van der Waals surface area contributed by atoms with Gasteiger partial charge in [0, 0.05) is 18.9 Å². The van der Waals surface area contributed by atoms with E-state index in [-0.39, 0.29) is 23.6 Å². The number of rotatable bonds is 2. The first kappa shape index (κ1) is 9.83. The van der Waals surface area contributed by atoms with Crippen LogP contribution >= 0.6 is 0 Å². The van der Waals surface area contributed by atoms with Crippen LogP contribution in [0, 0.1) is 0 Å². The minimum Gasteiger partial charge on any atom is -0.508 e. The quantitative estimate of drug-likeness (QED) is 0.720. The Balaban J connectivity index is 2.07. The molecule has 0 aromatic heterocycles. The molecule has 2 N–H and O–H groups in total. The Bertz CT molecular complexity index is 366. The van der Waals surface area contributed by atoms with E-state index < -0.39 is 0 Å². The monoisotopic (exact) mass is 208 g/mol. The highest BCUT2D eigenvalue weighted by atomic mass is 16.5. The van der Waals surface area contributed by atoms with Gasteiger partial charge in [0.15, 0.2) is 0 Å². The lowest BCUT2D eigenvalue weighted by Gasteiger charge is -2.09. The SMILES string of the molecule is O=C1CC[C@H](Cc2cc(O)cc(O)c2)O1. The standard InChI is InChI=1S/C11H12O4/c12-8-3-7(4-9(13)6-8)5-10-1-2-11(14)15-10/h3-4,6,10,12-13H,1-2,5H2/t10-/m1/s1. The third-order valence-electron chi connectivity index (χ3n) is 2.39. The van der Waals surface area contributed by atoms with E-state index in [2.05, 4.69) is 0 Å². The number of phenolic OH excluding ortho intramolecular Hbond substituents is 2. The predicted octanol–water partition coefficient (Wildman–Crippen LogP) is 1.35. The average Bonchev–Trinajstić information content (AvgIpc) is 2.49. The number of carbonyl (C=O) groups is 1. The fourth-order valence-electron chi connectivity index (χ4n) is 1.76. The molecule has 1 aliphatic rings. The first-order chi connectivity index (χ1) is 7.13. The molecule has 15 heavy (non-hydrogen) atoms. The van der Waals surface area contributed by atoms with E-state index in [0.717, 1.165) is 5.56 Å². The number of hydrogen-bond donors (Lipinski definition) is 2. The molecule has 2 rings (SSSR count). The van der Waals surface area contributed by atoms with E-state index in [0.29, 0.717) is 19.3 Å². The Morgan fingerprint density at radius 3 is 2.47 bits per heavy atom. The summed E-state index contributed by atoms with van der Waals surface area (Å²) in [5.41, 5.74) is 0.771. The van der Waals surface area contributed by atoms with Crippen molar-refractivity contribution in [1.82, 2.24) is 0 Å². The lowest BCUT2D eigenvalue weighted by molar-refractivity contribution is -0.141. The van der Waals surface area contributed by atoms with Crippen molar-refractivity contribution in [2.24, 2.45) is 0 Å². The van der Waals surface area contributed by atoms with Crippen LogP contribution in [0.4, 0.5) is 0 Å². The lowest BCUT2D eigenvalue weighted by atomic mass is 10.1. The summed E-state index contributed by atoms with van der Waals surface area (Å²) < 4.78 is 5.04. The highest BCUT2D eigenvalue weighted by molar-refractivity contribution is 5.71. The summed E-state index contributed by atoms with van der Waals surface area (Å²) in [5.74, 6) is -0.131. The highest BCUT2D eigenvalue weighted by Crippen LogP contribution is 2.24. The van der Waals surface area contributed by atoms with Crippen LogP contribution in [0.15, 0.2) is 18.2 Å². The van der Waals surface area contributed by atoms with Gasteiger partial charge in [0.2, 0.25) is 0 Å². The molecule has 4 nitrogen and oxygen atoms in total. The number of carbonyl (C=O) groups excluding carboxylic acids is 1. The van der Waals surface area contributed by atoms with Gasteiger partial charge in [-0.25, -0.2) is 0 Å². The zero-order chi connectivity index (χ0) is 10.8. The third kappa shape index (κ3) is 2.40. The fourth-order valence-corrected chi connectivity index (χ4v) is 1.76. The molecule has 0 bridgehead atoms. The highest BCUT2D eigenvalue weighted by Gasteiger charge is 2.23. The van der Waals surface area contributed by atoms with Crippen LogP contribution in [0.5, 0.6) is 11.5 Å². The lowest BCUT2D eigenvalue weighted by Crippen LogP contribution is -2.10. The summed E-state index contributed by atoms with van der Waals surface area (Å²) in [5, 5.41) is 18.5. The van der Waals surface area contributed by atoms with Crippen molar-refractivity contribution < 1.29 is 19.7 Å². The predicted molar refractivity (Wildman–Crippen MR) is 52.6 cm³/mol. The molecule has 1 saturated heterocycles. The summed E-state index contributed by atoms with van der Waals surface area (Å²) >= 11 is 0. The van der Waals surface area contributed by atoms with Crippen LogP contribution in [-0.2, 0) is 16.0 Å². The molecule has 0 aliphatic carbocycles. The Hall–Kier alpha value is -1.71. The van der Waals surface area contributed by atoms with Gasteiger partial charge in [-0.2, -0.15) is 0 Å². The first-order valence-electron chi connectivity index (χ1n) is 4.85. The molecule has 1 aromatic rings. The molecular weight excluding hydrogens is 196 g/mol. The van der Waals surface area contributed by atoms with Crippen LogP contribution in [0.25, 0.3) is 0 Å². The summed E-state index contributed by atoms with van der Waals surface area (Å²) in [4.78, 5) is 10.9. The molecule has 1 aromatic carbocycles. The molecule has 1 heterocycles. The van der Waals surface area contributed by atoms with E-state index in [1.165, 1.54) is 6.07 Å². The van der Waals surface area contributed by atoms with Crippen LogP contribution in [0.2, 0.25) is 0 Å². The number of ether oxygens (including phenoxy) is 1. The van der Waals surface area contributed by atoms with Crippen molar-refractivity contribution in [3.05, 3.63) is 23.8 Å². The van der Waals surface area contributed by atoms with Crippen LogP contribution in [0.1, 0.15) is 18.4 Å². The van der Waals surface area contributed by atoms with Crippen molar-refractivity contribution in [3.8, 4) is 11.5 Å². The third-order valence-corrected chi connectivity index (χ3v) is 2.39. The van der Waals surface area contributed by atoms with Gasteiger partial charge in [-0.15, -0.1) is 0 Å². The second kappa shape index (κ2) is 3.81. The van der Waals surface area contributed by atoms with Crippen molar-refractivity contribution in [3.63, 3.8) is 0 Å². The second-order valence-electron chi connectivity index (χ2n) is 3.71. The summed E-state index contributed by atoms with van der Waals surface area (Å²) in [6.07, 6.45) is 1.57. The van der Waals surface area contributed by atoms with Crippen molar-refractivity contribution in [1.29, 1.82) is 0 Å². The maximum Gasteiger partial charge on any atom is 0.306 e. The van der Waals surface area contributed by atoms with Gasteiger partial charge in [0.25, 0.3) is 0 Å². The van der Waals surface area contributed by atoms with Crippen molar-refractivity contribution >= 4 is 5.97 Å². The number of esters is 1. The molecule has 0 amide bonds. The van der Waals surface area contributed by atoms with Gasteiger partial charge >= 0.3 is 5.97 Å². The van der Waals surface area contributed by atoms with E-state index in [1.54, 1.807) is 12.1 Å². The van der Waals surface area contributed by atoms with Gasteiger partial charge < -0.3 is 14.9 Å². The van der Waals surface area contributed by atoms with E-state index in [1.807, 2.05) is 0 Å². The molecule has 0 unspecified atom stereocenters. The fraction of sp³-hybridized carbons (Fsp3) is 0.364. The topological polar surface area (TPSA) is 66.8 Å². The number of cyclic esters (lactones) is 1. The largest absolute Gasteiger partial charge is 0.508 e. The number of aromatic hydroxyl groups is 2. The summed E-state index contributed by atoms with van der Waals surface area (Å²) in [7, 11) is 0. The molecule has 1 fully saturated rings. The van der Waals surface area contributed by atoms with Crippen LogP contribution in [0.3, 0.4) is 0 Å². The Labute approximate surface area is 87.1 Å². The maximum atomic E-state index is 10.9. The van der Waals surface area contributed by atoms with E-state index >= 15 is 0 Å². The van der Waals surface area contributed by atoms with Gasteiger partial charge in [-0.1, -0.05) is 0 Å². The van der Waals surface area contributed by atoms with Crippen LogP contribution < -0.4 is 0 Å². The van der Waals surface area contributed by atoms with Gasteiger partial charge in [0.1, 0.15) is 17.6 Å². The smallest absolute Gasteiger partial charge is 0.306 e. The normalized spacial score (nSPS) is 20.3. The minimum atomic E-state index is -0.177. The molecule has 0 saturated carbocycles. The second-order valence-corrected chi connectivity index (χ2v) is 3.71. The zero-order valence-electron chi connectivity index (χ0n) is 8.14. The van der Waals surface area contributed by atoms with Gasteiger partial charge in [-0.3, -0.25) is 4.79 Å². The molecule has 4 heteroatoms. The Morgan fingerprint density at radius 1 is 1.27 bits per heavy atom. The summed E-state index contributed by atoms with van der Waals surface area (Å²) in [6, 6.07) is 4.39. The number of hydrogen-bond acceptors (Lipinski definition) is 4. The van der Waals surface area contributed by atoms with E-state index in [4.69, 9.17) is 4.74 Å². The van der Waals surface area contributed by atoms with Gasteiger partial charge in [-0.05, 0) is 24.1 Å². The average molecular weight is 208 g/mol. The minimum absolute atomic E-state index is 0.0225. The molecule has 1 aliphatic heterocycles. The Morgan fingerprint density at radius 2 is 1.93 bits per heavy atom. The molecule has 1 atom stereocenters. The van der Waals surface area contributed by atoms with E-state index in [9.17, 15) is 15.0 Å². The first-order valence-corrected chi connectivity index (χ1v) is 4.85. The van der Waals surface area contributed by atoms with Crippen molar-refractivity contribution in [2.75, 3.05) is 0 Å².